The molecule has 16 heavy (non-hydrogen) atoms. The second-order valence-corrected chi connectivity index (χ2v) is 4.24. The molecule has 0 aromatic heterocycles. The minimum atomic E-state index is -0.380. The molecule has 1 aliphatic heterocycles. The molecule has 0 amide bonds. The fourth-order valence-corrected chi connectivity index (χ4v) is 1.86. The smallest absolute Gasteiger partial charge is 0.141 e. The predicted octanol–water partition coefficient (Wildman–Crippen LogP) is 1.75. The van der Waals surface area contributed by atoms with E-state index in [1.165, 1.54) is 6.07 Å². The van der Waals surface area contributed by atoms with Crippen LogP contribution < -0.4 is 10.6 Å². The van der Waals surface area contributed by atoms with Crippen molar-refractivity contribution in [3.63, 3.8) is 0 Å². The van der Waals surface area contributed by atoms with Crippen molar-refractivity contribution in [1.29, 1.82) is 0 Å². The second-order valence-electron chi connectivity index (χ2n) is 3.83. The molecule has 0 radical (unpaired) electrons. The van der Waals surface area contributed by atoms with Gasteiger partial charge in [0.05, 0.1) is 11.7 Å². The number of nitrogens with zero attached hydrogens (tertiary/aromatic N) is 1. The average molecular weight is 244 g/mol. The third-order valence-corrected chi connectivity index (χ3v) is 2.93. The molecular formula is C11H15ClFN3. The molecule has 1 saturated heterocycles. The zero-order valence-electron chi connectivity index (χ0n) is 8.97. The number of benzene rings is 1. The van der Waals surface area contributed by atoms with E-state index in [4.69, 9.17) is 11.6 Å². The van der Waals surface area contributed by atoms with Crippen LogP contribution in [-0.2, 0) is 0 Å². The highest BCUT2D eigenvalue weighted by Gasteiger charge is 2.08. The van der Waals surface area contributed by atoms with Gasteiger partial charge in [0.25, 0.3) is 0 Å². The van der Waals surface area contributed by atoms with Crippen molar-refractivity contribution in [2.24, 2.45) is 0 Å². The highest BCUT2D eigenvalue weighted by atomic mass is 35.5. The molecule has 1 heterocycles. The molecule has 1 aromatic carbocycles. The maximum absolute atomic E-state index is 12.9. The van der Waals surface area contributed by atoms with Gasteiger partial charge in [0.1, 0.15) is 5.82 Å². The summed E-state index contributed by atoms with van der Waals surface area (Å²) in [6.07, 6.45) is 0. The Morgan fingerprint density at radius 1 is 1.38 bits per heavy atom. The minimum Gasteiger partial charge on any atom is -0.372 e. The zero-order chi connectivity index (χ0) is 11.4. The molecule has 0 aliphatic carbocycles. The number of piperazine rings is 1. The lowest BCUT2D eigenvalue weighted by atomic mass is 10.3. The molecule has 1 fully saturated rings. The van der Waals surface area contributed by atoms with Crippen LogP contribution in [-0.4, -0.2) is 37.7 Å². The molecule has 2 N–H and O–H groups in total. The highest BCUT2D eigenvalue weighted by Crippen LogP contribution is 2.19. The lowest BCUT2D eigenvalue weighted by molar-refractivity contribution is 0.256. The Morgan fingerprint density at radius 2 is 2.12 bits per heavy atom. The zero-order valence-corrected chi connectivity index (χ0v) is 9.73. The van der Waals surface area contributed by atoms with E-state index in [1.54, 1.807) is 12.1 Å². The van der Waals surface area contributed by atoms with Crippen molar-refractivity contribution in [3.05, 3.63) is 29.0 Å². The van der Waals surface area contributed by atoms with Crippen molar-refractivity contribution in [3.8, 4) is 0 Å². The summed E-state index contributed by atoms with van der Waals surface area (Å²) in [7, 11) is 0. The molecule has 0 atom stereocenters. The monoisotopic (exact) mass is 243 g/mol. The van der Waals surface area contributed by atoms with Crippen LogP contribution in [0, 0.1) is 5.82 Å². The van der Waals surface area contributed by atoms with Crippen LogP contribution in [0.3, 0.4) is 0 Å². The molecule has 1 aliphatic rings. The van der Waals surface area contributed by atoms with Crippen LogP contribution in [0.4, 0.5) is 10.1 Å². The van der Waals surface area contributed by atoms with Gasteiger partial charge in [0, 0.05) is 31.9 Å². The molecule has 88 valence electrons. The maximum atomic E-state index is 12.9. The van der Waals surface area contributed by atoms with Gasteiger partial charge in [0.2, 0.25) is 0 Å². The molecule has 0 spiro atoms. The summed E-state index contributed by atoms with van der Waals surface area (Å²) in [4.78, 5) is 2.30. The third-order valence-electron chi connectivity index (χ3n) is 2.64. The lowest BCUT2D eigenvalue weighted by Gasteiger charge is -2.27. The molecular weight excluding hydrogens is 229 g/mol. The fourth-order valence-electron chi connectivity index (χ4n) is 1.68. The van der Waals surface area contributed by atoms with Crippen LogP contribution >= 0.6 is 11.6 Å². The summed E-state index contributed by atoms with van der Waals surface area (Å²) in [5.41, 5.74) is 0.852. The molecule has 2 rings (SSSR count). The van der Waals surface area contributed by atoms with Crippen molar-refractivity contribution < 1.29 is 4.39 Å². The van der Waals surface area contributed by atoms with Crippen LogP contribution in [0.2, 0.25) is 5.02 Å². The summed E-state index contributed by atoms with van der Waals surface area (Å²) in [6.45, 7) is 4.87. The van der Waals surface area contributed by atoms with Crippen molar-refractivity contribution in [2.75, 3.05) is 38.2 Å². The predicted molar refractivity (Wildman–Crippen MR) is 64.3 cm³/mol. The Balaban J connectivity index is 1.86. The van der Waals surface area contributed by atoms with Crippen LogP contribution in [0.5, 0.6) is 0 Å². The molecule has 0 saturated carbocycles. The normalized spacial score (nSPS) is 17.4. The number of rotatable bonds is 3. The first kappa shape index (κ1) is 11.6. The molecule has 0 unspecified atom stereocenters. The van der Waals surface area contributed by atoms with Crippen molar-refractivity contribution in [1.82, 2.24) is 10.2 Å². The van der Waals surface area contributed by atoms with E-state index in [0.29, 0.717) is 0 Å². The van der Waals surface area contributed by atoms with Gasteiger partial charge in [-0.05, 0) is 18.2 Å². The minimum absolute atomic E-state index is 0.158. The number of halogens is 2. The van der Waals surface area contributed by atoms with Gasteiger partial charge in [0.15, 0.2) is 0 Å². The Labute approximate surface area is 99.6 Å². The number of anilines is 1. The lowest BCUT2D eigenvalue weighted by Crippen LogP contribution is -2.45. The topological polar surface area (TPSA) is 27.3 Å². The van der Waals surface area contributed by atoms with Gasteiger partial charge in [-0.3, -0.25) is 4.90 Å². The van der Waals surface area contributed by atoms with Gasteiger partial charge in [-0.2, -0.15) is 0 Å². The summed E-state index contributed by atoms with van der Waals surface area (Å²) in [6, 6.07) is 4.69. The quantitative estimate of drug-likeness (QED) is 0.847. The Bertz CT molecular complexity index is 353. The Morgan fingerprint density at radius 3 is 2.81 bits per heavy atom. The SMILES string of the molecule is Fc1ccc(NCN2CCNCC2)cc1Cl. The molecule has 3 nitrogen and oxygen atoms in total. The maximum Gasteiger partial charge on any atom is 0.141 e. The Kier molecular flexibility index (Phi) is 3.98. The summed E-state index contributed by atoms with van der Waals surface area (Å²) < 4.78 is 12.9. The summed E-state index contributed by atoms with van der Waals surface area (Å²) >= 11 is 5.70. The van der Waals surface area contributed by atoms with E-state index < -0.39 is 0 Å². The van der Waals surface area contributed by atoms with Crippen LogP contribution in [0.1, 0.15) is 0 Å². The number of hydrogen-bond donors (Lipinski definition) is 2. The van der Waals surface area contributed by atoms with Crippen LogP contribution in [0.15, 0.2) is 18.2 Å². The van der Waals surface area contributed by atoms with Gasteiger partial charge < -0.3 is 10.6 Å². The summed E-state index contributed by atoms with van der Waals surface area (Å²) in [5.74, 6) is -0.380. The standard InChI is InChI=1S/C11H15ClFN3/c12-10-7-9(1-2-11(10)13)15-8-16-5-3-14-4-6-16/h1-2,7,14-15H,3-6,8H2. The van der Waals surface area contributed by atoms with Crippen molar-refractivity contribution >= 4 is 17.3 Å². The molecule has 0 bridgehead atoms. The van der Waals surface area contributed by atoms with Gasteiger partial charge in [-0.15, -0.1) is 0 Å². The Hall–Kier alpha value is -0.840. The third kappa shape index (κ3) is 3.07. The first-order valence-corrected chi connectivity index (χ1v) is 5.75. The largest absolute Gasteiger partial charge is 0.372 e. The first-order valence-electron chi connectivity index (χ1n) is 5.38. The number of hydrogen-bond acceptors (Lipinski definition) is 3. The fraction of sp³-hybridized carbons (Fsp3) is 0.455. The van der Waals surface area contributed by atoms with Crippen LogP contribution in [0.25, 0.3) is 0 Å². The average Bonchev–Trinajstić information content (AvgIpc) is 2.32. The second kappa shape index (κ2) is 5.48. The number of nitrogens with one attached hydrogen (secondary N) is 2. The van der Waals surface area contributed by atoms with E-state index in [2.05, 4.69) is 15.5 Å². The van der Waals surface area contributed by atoms with E-state index in [0.717, 1.165) is 38.5 Å². The van der Waals surface area contributed by atoms with E-state index >= 15 is 0 Å². The van der Waals surface area contributed by atoms with E-state index in [-0.39, 0.29) is 10.8 Å². The van der Waals surface area contributed by atoms with Gasteiger partial charge in [-0.25, -0.2) is 4.39 Å². The first-order chi connectivity index (χ1) is 7.75. The van der Waals surface area contributed by atoms with E-state index in [1.807, 2.05) is 0 Å². The van der Waals surface area contributed by atoms with E-state index in [9.17, 15) is 4.39 Å². The highest BCUT2D eigenvalue weighted by molar-refractivity contribution is 6.31. The van der Waals surface area contributed by atoms with Crippen molar-refractivity contribution in [2.45, 2.75) is 0 Å². The van der Waals surface area contributed by atoms with Gasteiger partial charge >= 0.3 is 0 Å². The summed E-state index contributed by atoms with van der Waals surface area (Å²) in [5, 5.41) is 6.68. The molecule has 1 aromatic rings. The van der Waals surface area contributed by atoms with Gasteiger partial charge in [-0.1, -0.05) is 11.6 Å². The molecule has 5 heteroatoms.